The van der Waals surface area contributed by atoms with Crippen LogP contribution >= 0.6 is 11.6 Å². The van der Waals surface area contributed by atoms with E-state index in [0.717, 1.165) is 5.56 Å². The van der Waals surface area contributed by atoms with Crippen LogP contribution in [0.2, 0.25) is 5.02 Å². The quantitative estimate of drug-likeness (QED) is 0.752. The van der Waals surface area contributed by atoms with E-state index in [2.05, 4.69) is 14.9 Å². The average Bonchev–Trinajstić information content (AvgIpc) is 3.03. The molecule has 24 heavy (non-hydrogen) atoms. The molecule has 0 aliphatic heterocycles. The van der Waals surface area contributed by atoms with Crippen molar-refractivity contribution in [1.29, 1.82) is 0 Å². The third-order valence-electron chi connectivity index (χ3n) is 3.27. The second-order valence-electron chi connectivity index (χ2n) is 5.15. The summed E-state index contributed by atoms with van der Waals surface area (Å²) in [7, 11) is -3.64. The van der Waals surface area contributed by atoms with Crippen LogP contribution in [0.1, 0.15) is 11.5 Å². The number of aryl methyl sites for hydroxylation is 1. The summed E-state index contributed by atoms with van der Waals surface area (Å²) in [6.07, 6.45) is 0. The van der Waals surface area contributed by atoms with E-state index in [-0.39, 0.29) is 17.3 Å². The molecule has 0 bridgehead atoms. The van der Waals surface area contributed by atoms with Crippen molar-refractivity contribution in [2.75, 3.05) is 0 Å². The summed E-state index contributed by atoms with van der Waals surface area (Å²) < 4.78 is 32.4. The molecular formula is C16H14ClN3O3S. The van der Waals surface area contributed by atoms with Gasteiger partial charge >= 0.3 is 0 Å². The Labute approximate surface area is 144 Å². The van der Waals surface area contributed by atoms with Crippen LogP contribution in [0.3, 0.4) is 0 Å². The molecule has 124 valence electrons. The van der Waals surface area contributed by atoms with E-state index in [1.54, 1.807) is 36.4 Å². The maximum atomic E-state index is 12.3. The predicted molar refractivity (Wildman–Crippen MR) is 89.9 cm³/mol. The van der Waals surface area contributed by atoms with Crippen LogP contribution in [0.4, 0.5) is 0 Å². The Bertz CT molecular complexity index is 953. The summed E-state index contributed by atoms with van der Waals surface area (Å²) in [5, 5.41) is 8.36. The van der Waals surface area contributed by atoms with Crippen molar-refractivity contribution in [3.63, 3.8) is 0 Å². The summed E-state index contributed by atoms with van der Waals surface area (Å²) in [4.78, 5) is 0.194. The minimum atomic E-state index is -3.64. The molecule has 0 atom stereocenters. The predicted octanol–water partition coefficient (Wildman–Crippen LogP) is 3.18. The lowest BCUT2D eigenvalue weighted by atomic mass is 10.2. The molecule has 0 amide bonds. The number of benzene rings is 2. The van der Waals surface area contributed by atoms with E-state index in [1.807, 2.05) is 13.0 Å². The summed E-state index contributed by atoms with van der Waals surface area (Å²) in [6, 6.07) is 13.6. The molecule has 0 spiro atoms. The third-order valence-corrected chi connectivity index (χ3v) is 4.92. The van der Waals surface area contributed by atoms with E-state index in [4.69, 9.17) is 16.0 Å². The molecule has 0 radical (unpaired) electrons. The van der Waals surface area contributed by atoms with Crippen LogP contribution in [-0.4, -0.2) is 18.6 Å². The van der Waals surface area contributed by atoms with Crippen LogP contribution < -0.4 is 4.72 Å². The summed E-state index contributed by atoms with van der Waals surface area (Å²) in [6.45, 7) is 1.74. The number of nitrogens with zero attached hydrogens (tertiary/aromatic N) is 2. The number of halogens is 1. The maximum absolute atomic E-state index is 12.3. The van der Waals surface area contributed by atoms with Crippen molar-refractivity contribution < 1.29 is 12.8 Å². The highest BCUT2D eigenvalue weighted by molar-refractivity contribution is 7.89. The largest absolute Gasteiger partial charge is 0.419 e. The zero-order chi connectivity index (χ0) is 17.2. The van der Waals surface area contributed by atoms with E-state index in [0.29, 0.717) is 16.5 Å². The Morgan fingerprint density at radius 2 is 1.88 bits per heavy atom. The lowest BCUT2D eigenvalue weighted by Gasteiger charge is -2.05. The fourth-order valence-electron chi connectivity index (χ4n) is 2.06. The second kappa shape index (κ2) is 6.72. The summed E-state index contributed by atoms with van der Waals surface area (Å²) in [5.74, 6) is 0.479. The topological polar surface area (TPSA) is 85.1 Å². The fourth-order valence-corrected chi connectivity index (χ4v) is 3.26. The van der Waals surface area contributed by atoms with Gasteiger partial charge in [-0.15, -0.1) is 10.2 Å². The first-order valence-corrected chi connectivity index (χ1v) is 8.95. The minimum absolute atomic E-state index is 0.0864. The molecule has 0 saturated carbocycles. The van der Waals surface area contributed by atoms with Gasteiger partial charge in [-0.05, 0) is 48.9 Å². The van der Waals surface area contributed by atoms with Gasteiger partial charge in [0.25, 0.3) is 0 Å². The van der Waals surface area contributed by atoms with E-state index in [9.17, 15) is 8.42 Å². The number of aromatic nitrogens is 2. The molecule has 0 aliphatic rings. The van der Waals surface area contributed by atoms with Crippen molar-refractivity contribution >= 4 is 21.6 Å². The van der Waals surface area contributed by atoms with Crippen LogP contribution in [0.5, 0.6) is 0 Å². The average molecular weight is 364 g/mol. The maximum Gasteiger partial charge on any atom is 0.247 e. The van der Waals surface area contributed by atoms with E-state index >= 15 is 0 Å². The van der Waals surface area contributed by atoms with Crippen LogP contribution in [0, 0.1) is 6.92 Å². The van der Waals surface area contributed by atoms with Crippen molar-refractivity contribution in [2.24, 2.45) is 0 Å². The summed E-state index contributed by atoms with van der Waals surface area (Å²) in [5.41, 5.74) is 1.57. The molecule has 1 N–H and O–H groups in total. The van der Waals surface area contributed by atoms with Gasteiger partial charge in [-0.1, -0.05) is 23.7 Å². The highest BCUT2D eigenvalue weighted by atomic mass is 35.5. The molecule has 3 aromatic rings. The number of hydrogen-bond acceptors (Lipinski definition) is 5. The SMILES string of the molecule is Cc1cccc(S(=O)(=O)NCc2nnc(-c3ccc(Cl)cc3)o2)c1. The fraction of sp³-hybridized carbons (Fsp3) is 0.125. The van der Waals surface area contributed by atoms with E-state index in [1.165, 1.54) is 6.07 Å². The first kappa shape index (κ1) is 16.6. The van der Waals surface area contributed by atoms with Gasteiger partial charge in [-0.25, -0.2) is 13.1 Å². The second-order valence-corrected chi connectivity index (χ2v) is 7.35. The van der Waals surface area contributed by atoms with Gasteiger partial charge in [0.1, 0.15) is 0 Å². The molecule has 6 nitrogen and oxygen atoms in total. The van der Waals surface area contributed by atoms with Gasteiger partial charge in [0.15, 0.2) is 0 Å². The van der Waals surface area contributed by atoms with Crippen LogP contribution in [0.15, 0.2) is 57.8 Å². The van der Waals surface area contributed by atoms with Gasteiger partial charge in [-0.3, -0.25) is 0 Å². The minimum Gasteiger partial charge on any atom is -0.419 e. The van der Waals surface area contributed by atoms with Gasteiger partial charge in [0.2, 0.25) is 21.8 Å². The molecule has 0 unspecified atom stereocenters. The standard InChI is InChI=1S/C16H14ClN3O3S/c1-11-3-2-4-14(9-11)24(21,22)18-10-15-19-20-16(23-15)12-5-7-13(17)8-6-12/h2-9,18H,10H2,1H3. The molecule has 2 aromatic carbocycles. The number of hydrogen-bond donors (Lipinski definition) is 1. The number of sulfonamides is 1. The molecule has 0 fully saturated rings. The normalized spacial score (nSPS) is 11.6. The molecule has 3 rings (SSSR count). The monoisotopic (exact) mass is 363 g/mol. The highest BCUT2D eigenvalue weighted by Crippen LogP contribution is 2.20. The third kappa shape index (κ3) is 3.81. The van der Waals surface area contributed by atoms with Gasteiger partial charge < -0.3 is 4.42 Å². The Morgan fingerprint density at radius 3 is 2.58 bits per heavy atom. The highest BCUT2D eigenvalue weighted by Gasteiger charge is 2.16. The van der Waals surface area contributed by atoms with Crippen molar-refractivity contribution in [1.82, 2.24) is 14.9 Å². The zero-order valence-corrected chi connectivity index (χ0v) is 14.3. The number of rotatable bonds is 5. The molecule has 1 heterocycles. The first-order valence-electron chi connectivity index (χ1n) is 7.09. The molecule has 0 saturated heterocycles. The van der Waals surface area contributed by atoms with Crippen molar-refractivity contribution in [2.45, 2.75) is 18.4 Å². The van der Waals surface area contributed by atoms with Gasteiger partial charge in [0, 0.05) is 10.6 Å². The summed E-state index contributed by atoms with van der Waals surface area (Å²) >= 11 is 5.83. The lowest BCUT2D eigenvalue weighted by Crippen LogP contribution is -2.23. The van der Waals surface area contributed by atoms with Crippen LogP contribution in [0.25, 0.3) is 11.5 Å². The smallest absolute Gasteiger partial charge is 0.247 e. The van der Waals surface area contributed by atoms with Gasteiger partial charge in [0.05, 0.1) is 11.4 Å². The molecule has 1 aromatic heterocycles. The Kier molecular flexibility index (Phi) is 4.66. The molecule has 0 aliphatic carbocycles. The lowest BCUT2D eigenvalue weighted by molar-refractivity contribution is 0.494. The van der Waals surface area contributed by atoms with Crippen molar-refractivity contribution in [3.8, 4) is 11.5 Å². The van der Waals surface area contributed by atoms with E-state index < -0.39 is 10.0 Å². The Balaban J connectivity index is 1.72. The number of nitrogens with one attached hydrogen (secondary N) is 1. The Hall–Kier alpha value is -2.22. The molecule has 8 heteroatoms. The van der Waals surface area contributed by atoms with Crippen LogP contribution in [-0.2, 0) is 16.6 Å². The molecular weight excluding hydrogens is 350 g/mol. The van der Waals surface area contributed by atoms with Gasteiger partial charge in [-0.2, -0.15) is 0 Å². The van der Waals surface area contributed by atoms with Crippen molar-refractivity contribution in [3.05, 3.63) is 65.0 Å². The zero-order valence-electron chi connectivity index (χ0n) is 12.7. The first-order chi connectivity index (χ1) is 11.4. The Morgan fingerprint density at radius 1 is 1.12 bits per heavy atom.